The van der Waals surface area contributed by atoms with Crippen molar-refractivity contribution >= 4 is 5.97 Å². The second kappa shape index (κ2) is 4.64. The number of carbonyl (C=O) groups is 1. The zero-order valence-electron chi connectivity index (χ0n) is 9.90. The van der Waals surface area contributed by atoms with Crippen molar-refractivity contribution in [2.45, 2.75) is 18.7 Å². The quantitative estimate of drug-likeness (QED) is 0.900. The number of methoxy groups -OCH3 is 1. The van der Waals surface area contributed by atoms with Crippen LogP contribution in [-0.4, -0.2) is 30.5 Å². The number of rotatable bonds is 2. The zero-order valence-corrected chi connectivity index (χ0v) is 9.90. The lowest BCUT2D eigenvalue weighted by atomic mass is 9.90. The fraction of sp³-hybridized carbons (Fsp3) is 0.417. The van der Waals surface area contributed by atoms with Crippen LogP contribution in [-0.2, 0) is 11.2 Å². The van der Waals surface area contributed by atoms with Crippen LogP contribution in [0.3, 0.4) is 0 Å². The van der Waals surface area contributed by atoms with Crippen LogP contribution in [0.4, 0.5) is 13.2 Å². The summed E-state index contributed by atoms with van der Waals surface area (Å²) in [5.41, 5.74) is 0.396. The predicted octanol–water partition coefficient (Wildman–Crippen LogP) is 2.26. The van der Waals surface area contributed by atoms with E-state index in [1.165, 1.54) is 19.2 Å². The molecule has 1 aromatic carbocycles. The van der Waals surface area contributed by atoms with Crippen LogP contribution < -0.4 is 9.47 Å². The second-order valence-electron chi connectivity index (χ2n) is 4.18. The van der Waals surface area contributed by atoms with Gasteiger partial charge in [0.05, 0.1) is 7.11 Å². The standard InChI is InChI=1S/C12H11F3O4/c1-18-8-4-2-3-6-5-7(11(16)17)10(12(13,14)15)19-9(6)8/h2-4,7,10H,5H2,1H3,(H,16,17)/t7-,10+/m0/s1. The molecule has 104 valence electrons. The number of alkyl halides is 3. The van der Waals surface area contributed by atoms with Gasteiger partial charge in [-0.1, -0.05) is 12.1 Å². The topological polar surface area (TPSA) is 55.8 Å². The molecular formula is C12H11F3O4. The smallest absolute Gasteiger partial charge is 0.426 e. The number of hydrogen-bond donors (Lipinski definition) is 1. The first-order valence-corrected chi connectivity index (χ1v) is 5.46. The first-order valence-electron chi connectivity index (χ1n) is 5.46. The Morgan fingerprint density at radius 1 is 1.47 bits per heavy atom. The molecule has 1 N–H and O–H groups in total. The monoisotopic (exact) mass is 276 g/mol. The van der Waals surface area contributed by atoms with E-state index in [0.717, 1.165) is 0 Å². The summed E-state index contributed by atoms with van der Waals surface area (Å²) in [7, 11) is 1.31. The van der Waals surface area contributed by atoms with Crippen LogP contribution in [0.25, 0.3) is 0 Å². The minimum atomic E-state index is -4.75. The molecule has 1 aliphatic heterocycles. The summed E-state index contributed by atoms with van der Waals surface area (Å²) in [6.07, 6.45) is -7.36. The highest BCUT2D eigenvalue weighted by Crippen LogP contribution is 2.42. The molecule has 4 nitrogen and oxygen atoms in total. The van der Waals surface area contributed by atoms with Crippen molar-refractivity contribution in [3.63, 3.8) is 0 Å². The van der Waals surface area contributed by atoms with Crippen molar-refractivity contribution in [3.8, 4) is 11.5 Å². The molecule has 1 aromatic rings. The van der Waals surface area contributed by atoms with Crippen molar-refractivity contribution in [3.05, 3.63) is 23.8 Å². The van der Waals surface area contributed by atoms with Crippen molar-refractivity contribution in [1.82, 2.24) is 0 Å². The molecule has 0 saturated carbocycles. The Hall–Kier alpha value is -1.92. The van der Waals surface area contributed by atoms with Gasteiger partial charge in [0.15, 0.2) is 11.5 Å². The Labute approximate surface area is 106 Å². The molecule has 2 rings (SSSR count). The largest absolute Gasteiger partial charge is 0.493 e. The predicted molar refractivity (Wildman–Crippen MR) is 58.3 cm³/mol. The van der Waals surface area contributed by atoms with E-state index in [4.69, 9.17) is 14.6 Å². The highest BCUT2D eigenvalue weighted by molar-refractivity contribution is 5.72. The van der Waals surface area contributed by atoms with Crippen molar-refractivity contribution in [1.29, 1.82) is 0 Å². The van der Waals surface area contributed by atoms with E-state index in [1.54, 1.807) is 6.07 Å². The number of carboxylic acid groups (broad SMARTS) is 1. The molecule has 19 heavy (non-hydrogen) atoms. The number of aliphatic carboxylic acids is 1. The zero-order chi connectivity index (χ0) is 14.2. The van der Waals surface area contributed by atoms with Gasteiger partial charge in [0.1, 0.15) is 5.92 Å². The van der Waals surface area contributed by atoms with Crippen LogP contribution in [0, 0.1) is 5.92 Å². The minimum absolute atomic E-state index is 0.0372. The van der Waals surface area contributed by atoms with Gasteiger partial charge in [-0.25, -0.2) is 0 Å². The van der Waals surface area contributed by atoms with Gasteiger partial charge >= 0.3 is 12.1 Å². The van der Waals surface area contributed by atoms with Gasteiger partial charge < -0.3 is 14.6 Å². The lowest BCUT2D eigenvalue weighted by Gasteiger charge is -2.33. The Balaban J connectivity index is 2.45. The van der Waals surface area contributed by atoms with E-state index in [2.05, 4.69) is 0 Å². The minimum Gasteiger partial charge on any atom is -0.493 e. The molecule has 0 spiro atoms. The summed E-state index contributed by atoms with van der Waals surface area (Å²) in [4.78, 5) is 11.0. The van der Waals surface area contributed by atoms with Crippen molar-refractivity contribution < 1.29 is 32.5 Å². The van der Waals surface area contributed by atoms with Crippen LogP contribution in [0.1, 0.15) is 5.56 Å². The molecule has 0 saturated heterocycles. The Morgan fingerprint density at radius 2 is 2.16 bits per heavy atom. The fourth-order valence-corrected chi connectivity index (χ4v) is 2.08. The summed E-state index contributed by atoms with van der Waals surface area (Å²) in [6.45, 7) is 0. The molecule has 7 heteroatoms. The fourth-order valence-electron chi connectivity index (χ4n) is 2.08. The Bertz CT molecular complexity index is 498. The van der Waals surface area contributed by atoms with Gasteiger partial charge in [0.25, 0.3) is 0 Å². The average Bonchev–Trinajstić information content (AvgIpc) is 2.35. The van der Waals surface area contributed by atoms with Gasteiger partial charge in [-0.2, -0.15) is 13.2 Å². The summed E-state index contributed by atoms with van der Waals surface area (Å²) in [6, 6.07) is 4.57. The molecule has 1 heterocycles. The first-order chi connectivity index (χ1) is 8.84. The first kappa shape index (κ1) is 13.5. The van der Waals surface area contributed by atoms with E-state index < -0.39 is 24.2 Å². The average molecular weight is 276 g/mol. The van der Waals surface area contributed by atoms with Gasteiger partial charge in [-0.05, 0) is 18.1 Å². The molecule has 0 fully saturated rings. The van der Waals surface area contributed by atoms with Crippen LogP contribution in [0.2, 0.25) is 0 Å². The molecule has 0 amide bonds. The number of carboxylic acids is 1. The van der Waals surface area contributed by atoms with Crippen LogP contribution in [0.5, 0.6) is 11.5 Å². The number of hydrogen-bond acceptors (Lipinski definition) is 3. The van der Waals surface area contributed by atoms with Crippen LogP contribution in [0.15, 0.2) is 18.2 Å². The second-order valence-corrected chi connectivity index (χ2v) is 4.18. The Morgan fingerprint density at radius 3 is 2.68 bits per heavy atom. The molecular weight excluding hydrogens is 265 g/mol. The molecule has 0 radical (unpaired) electrons. The summed E-state index contributed by atoms with van der Waals surface area (Å²) < 4.78 is 48.3. The highest BCUT2D eigenvalue weighted by Gasteiger charge is 2.52. The van der Waals surface area contributed by atoms with Gasteiger partial charge in [-0.15, -0.1) is 0 Å². The van der Waals surface area contributed by atoms with Gasteiger partial charge in [0, 0.05) is 0 Å². The van der Waals surface area contributed by atoms with Gasteiger partial charge in [-0.3, -0.25) is 4.79 Å². The third-order valence-electron chi connectivity index (χ3n) is 2.97. The molecule has 0 aromatic heterocycles. The lowest BCUT2D eigenvalue weighted by molar-refractivity contribution is -0.217. The number of para-hydroxylation sites is 1. The highest BCUT2D eigenvalue weighted by atomic mass is 19.4. The SMILES string of the molecule is COc1cccc2c1O[C@@H](C(F)(F)F)[C@@H](C(=O)O)C2. The van der Waals surface area contributed by atoms with Crippen molar-refractivity contribution in [2.24, 2.45) is 5.92 Å². The van der Waals surface area contributed by atoms with E-state index in [1.807, 2.05) is 0 Å². The number of halogens is 3. The van der Waals surface area contributed by atoms with Gasteiger partial charge in [0.2, 0.25) is 6.10 Å². The van der Waals surface area contributed by atoms with Crippen LogP contribution >= 0.6 is 0 Å². The third kappa shape index (κ3) is 2.45. The Kier molecular flexibility index (Phi) is 3.30. The van der Waals surface area contributed by atoms with Crippen molar-refractivity contribution in [2.75, 3.05) is 7.11 Å². The van der Waals surface area contributed by atoms with E-state index in [-0.39, 0.29) is 17.9 Å². The normalized spacial score (nSPS) is 22.3. The number of fused-ring (bicyclic) bond motifs is 1. The molecule has 1 aliphatic rings. The maximum atomic E-state index is 12.9. The number of benzene rings is 1. The molecule has 0 aliphatic carbocycles. The third-order valence-corrected chi connectivity index (χ3v) is 2.97. The number of ether oxygens (including phenoxy) is 2. The summed E-state index contributed by atoms with van der Waals surface area (Å²) in [5.74, 6) is -3.06. The van der Waals surface area contributed by atoms with E-state index in [9.17, 15) is 18.0 Å². The summed E-state index contributed by atoms with van der Waals surface area (Å²) in [5, 5.41) is 8.91. The van der Waals surface area contributed by atoms with E-state index >= 15 is 0 Å². The molecule has 0 bridgehead atoms. The van der Waals surface area contributed by atoms with E-state index in [0.29, 0.717) is 5.56 Å². The molecule has 0 unspecified atom stereocenters. The maximum Gasteiger partial charge on any atom is 0.426 e. The summed E-state index contributed by atoms with van der Waals surface area (Å²) >= 11 is 0. The lowest BCUT2D eigenvalue weighted by Crippen LogP contribution is -2.47. The molecule has 2 atom stereocenters. The maximum absolute atomic E-state index is 12.9.